The lowest BCUT2D eigenvalue weighted by molar-refractivity contribution is 0.309. The van der Waals surface area contributed by atoms with Crippen LogP contribution in [-0.2, 0) is 6.42 Å². The monoisotopic (exact) mass is 308 g/mol. The van der Waals surface area contributed by atoms with Crippen molar-refractivity contribution in [3.63, 3.8) is 0 Å². The Kier molecular flexibility index (Phi) is 4.71. The van der Waals surface area contributed by atoms with Gasteiger partial charge in [-0.2, -0.15) is 0 Å². The highest BCUT2D eigenvalue weighted by Crippen LogP contribution is 2.15. The number of benzene rings is 2. The number of hydrogen-bond acceptors (Lipinski definition) is 3. The van der Waals surface area contributed by atoms with Crippen LogP contribution in [0.2, 0.25) is 0 Å². The number of nitrogens with one attached hydrogen (secondary N) is 1. The molecule has 4 heteroatoms. The van der Waals surface area contributed by atoms with E-state index in [0.29, 0.717) is 12.1 Å². The van der Waals surface area contributed by atoms with Crippen LogP contribution in [-0.4, -0.2) is 16.6 Å². The van der Waals surface area contributed by atoms with Gasteiger partial charge < -0.3 is 9.72 Å². The van der Waals surface area contributed by atoms with Crippen molar-refractivity contribution in [1.29, 1.82) is 0 Å². The Labute approximate surface area is 135 Å². The van der Waals surface area contributed by atoms with Gasteiger partial charge in [0.1, 0.15) is 11.4 Å². The third-order valence-electron chi connectivity index (χ3n) is 3.73. The molecule has 3 rings (SSSR count). The van der Waals surface area contributed by atoms with E-state index in [9.17, 15) is 4.79 Å². The molecule has 0 aliphatic carbocycles. The average molecular weight is 308 g/mol. The molecule has 118 valence electrons. The van der Waals surface area contributed by atoms with Crippen LogP contribution in [0.4, 0.5) is 0 Å². The molecule has 2 aromatic carbocycles. The first-order valence-corrected chi connectivity index (χ1v) is 7.96. The second-order valence-electron chi connectivity index (χ2n) is 5.55. The summed E-state index contributed by atoms with van der Waals surface area (Å²) < 4.78 is 5.65. The third-order valence-corrected chi connectivity index (χ3v) is 3.73. The molecule has 0 aliphatic rings. The van der Waals surface area contributed by atoms with Gasteiger partial charge in [0.25, 0.3) is 5.56 Å². The number of fused-ring (bicyclic) bond motifs is 1. The van der Waals surface area contributed by atoms with Crippen molar-refractivity contribution < 1.29 is 4.74 Å². The zero-order valence-electron chi connectivity index (χ0n) is 13.2. The number of ether oxygens (including phenoxy) is 1. The number of aromatic nitrogens is 2. The molecule has 1 heterocycles. The summed E-state index contributed by atoms with van der Waals surface area (Å²) in [6, 6.07) is 15.4. The first-order chi connectivity index (χ1) is 11.3. The van der Waals surface area contributed by atoms with Gasteiger partial charge in [0.15, 0.2) is 0 Å². The summed E-state index contributed by atoms with van der Waals surface area (Å²) >= 11 is 0. The molecular weight excluding hydrogens is 288 g/mol. The lowest BCUT2D eigenvalue weighted by atomic mass is 10.1. The fourth-order valence-corrected chi connectivity index (χ4v) is 2.42. The van der Waals surface area contributed by atoms with Crippen LogP contribution in [0.1, 0.15) is 31.0 Å². The molecule has 0 fully saturated rings. The van der Waals surface area contributed by atoms with E-state index in [-0.39, 0.29) is 5.56 Å². The van der Waals surface area contributed by atoms with E-state index in [1.165, 1.54) is 0 Å². The van der Waals surface area contributed by atoms with Crippen LogP contribution in [0.15, 0.2) is 53.3 Å². The number of hydrogen-bond donors (Lipinski definition) is 1. The summed E-state index contributed by atoms with van der Waals surface area (Å²) in [7, 11) is 0. The zero-order valence-corrected chi connectivity index (χ0v) is 13.2. The van der Waals surface area contributed by atoms with Crippen LogP contribution in [0, 0.1) is 0 Å². The minimum absolute atomic E-state index is 0.132. The van der Waals surface area contributed by atoms with Crippen molar-refractivity contribution >= 4 is 11.0 Å². The second kappa shape index (κ2) is 7.09. The summed E-state index contributed by atoms with van der Waals surface area (Å²) in [5.41, 5.74) is 3.01. The molecule has 0 amide bonds. The lowest BCUT2D eigenvalue weighted by Crippen LogP contribution is -2.15. The first-order valence-electron chi connectivity index (χ1n) is 7.96. The van der Waals surface area contributed by atoms with Crippen LogP contribution in [0.3, 0.4) is 0 Å². The predicted molar refractivity (Wildman–Crippen MR) is 92.0 cm³/mol. The molecule has 0 unspecified atom stereocenters. The highest BCUT2D eigenvalue weighted by Gasteiger charge is 2.06. The Morgan fingerprint density at radius 2 is 1.87 bits per heavy atom. The van der Waals surface area contributed by atoms with E-state index in [2.05, 4.69) is 16.9 Å². The van der Waals surface area contributed by atoms with Crippen molar-refractivity contribution in [3.05, 3.63) is 70.1 Å². The second-order valence-corrected chi connectivity index (χ2v) is 5.55. The Balaban J connectivity index is 1.76. The molecule has 0 atom stereocenters. The van der Waals surface area contributed by atoms with Crippen LogP contribution < -0.4 is 10.3 Å². The standard InChI is InChI=1S/C19H20N2O2/c1-2-3-12-23-15-10-8-14(9-11-15)13-18-19(22)21-17-7-5-4-6-16(17)20-18/h4-11H,2-3,12-13H2,1H3,(H,21,22). The maximum Gasteiger partial charge on any atom is 0.270 e. The number of unbranched alkanes of at least 4 members (excludes halogenated alkanes) is 1. The van der Waals surface area contributed by atoms with Gasteiger partial charge in [-0.15, -0.1) is 0 Å². The van der Waals surface area contributed by atoms with Crippen LogP contribution >= 0.6 is 0 Å². The Bertz CT molecular complexity index is 838. The fraction of sp³-hybridized carbons (Fsp3) is 0.263. The van der Waals surface area contributed by atoms with E-state index >= 15 is 0 Å². The number of H-pyrrole nitrogens is 1. The molecule has 1 N–H and O–H groups in total. The summed E-state index contributed by atoms with van der Waals surface area (Å²) in [5, 5.41) is 0. The predicted octanol–water partition coefficient (Wildman–Crippen LogP) is 3.69. The van der Waals surface area contributed by atoms with Crippen LogP contribution in [0.5, 0.6) is 5.75 Å². The van der Waals surface area contributed by atoms with Crippen molar-refractivity contribution in [2.45, 2.75) is 26.2 Å². The van der Waals surface area contributed by atoms with Crippen molar-refractivity contribution in [2.75, 3.05) is 6.61 Å². The number of para-hydroxylation sites is 2. The lowest BCUT2D eigenvalue weighted by Gasteiger charge is -2.07. The van der Waals surface area contributed by atoms with Gasteiger partial charge in [-0.3, -0.25) is 4.79 Å². The van der Waals surface area contributed by atoms with E-state index in [4.69, 9.17) is 4.74 Å². The Morgan fingerprint density at radius 1 is 1.09 bits per heavy atom. The van der Waals surface area contributed by atoms with Crippen molar-refractivity contribution in [3.8, 4) is 5.75 Å². The molecule has 3 aromatic rings. The third kappa shape index (κ3) is 3.77. The SMILES string of the molecule is CCCCOc1ccc(Cc2nc3ccccc3[nH]c2=O)cc1. The van der Waals surface area contributed by atoms with Gasteiger partial charge in [-0.05, 0) is 36.2 Å². The minimum atomic E-state index is -0.132. The van der Waals surface area contributed by atoms with Crippen molar-refractivity contribution in [2.24, 2.45) is 0 Å². The van der Waals surface area contributed by atoms with Crippen molar-refractivity contribution in [1.82, 2.24) is 9.97 Å². The fourth-order valence-electron chi connectivity index (χ4n) is 2.42. The molecule has 0 saturated carbocycles. The molecule has 0 bridgehead atoms. The van der Waals surface area contributed by atoms with E-state index in [0.717, 1.165) is 41.8 Å². The maximum atomic E-state index is 12.1. The summed E-state index contributed by atoms with van der Waals surface area (Å²) in [6.45, 7) is 2.88. The number of nitrogens with zero attached hydrogens (tertiary/aromatic N) is 1. The van der Waals surface area contributed by atoms with E-state index < -0.39 is 0 Å². The van der Waals surface area contributed by atoms with Gasteiger partial charge in [0, 0.05) is 6.42 Å². The van der Waals surface area contributed by atoms with Gasteiger partial charge >= 0.3 is 0 Å². The quantitative estimate of drug-likeness (QED) is 0.707. The molecule has 0 saturated heterocycles. The molecule has 0 spiro atoms. The summed E-state index contributed by atoms with van der Waals surface area (Å²) in [4.78, 5) is 19.5. The maximum absolute atomic E-state index is 12.1. The summed E-state index contributed by atoms with van der Waals surface area (Å²) in [6.07, 6.45) is 2.68. The van der Waals surface area contributed by atoms with E-state index in [1.54, 1.807) is 0 Å². The molecule has 4 nitrogen and oxygen atoms in total. The van der Waals surface area contributed by atoms with E-state index in [1.807, 2.05) is 48.5 Å². The molecule has 0 aliphatic heterocycles. The number of rotatable bonds is 6. The molecular formula is C19H20N2O2. The number of aromatic amines is 1. The van der Waals surface area contributed by atoms with Crippen LogP contribution in [0.25, 0.3) is 11.0 Å². The molecule has 1 aromatic heterocycles. The molecule has 23 heavy (non-hydrogen) atoms. The van der Waals surface area contributed by atoms with Gasteiger partial charge in [0.05, 0.1) is 17.6 Å². The van der Waals surface area contributed by atoms with Gasteiger partial charge in [-0.25, -0.2) is 4.98 Å². The molecule has 0 radical (unpaired) electrons. The highest BCUT2D eigenvalue weighted by molar-refractivity contribution is 5.73. The zero-order chi connectivity index (χ0) is 16.1. The largest absolute Gasteiger partial charge is 0.494 e. The van der Waals surface area contributed by atoms with Gasteiger partial charge in [-0.1, -0.05) is 37.6 Å². The minimum Gasteiger partial charge on any atom is -0.494 e. The highest BCUT2D eigenvalue weighted by atomic mass is 16.5. The summed E-state index contributed by atoms with van der Waals surface area (Å²) in [5.74, 6) is 0.864. The topological polar surface area (TPSA) is 55.0 Å². The Hall–Kier alpha value is -2.62. The smallest absolute Gasteiger partial charge is 0.270 e. The Morgan fingerprint density at radius 3 is 2.65 bits per heavy atom. The van der Waals surface area contributed by atoms with Gasteiger partial charge in [0.2, 0.25) is 0 Å². The first kappa shape index (κ1) is 15.3. The average Bonchev–Trinajstić information content (AvgIpc) is 2.57. The normalized spacial score (nSPS) is 10.8.